The first-order valence-electron chi connectivity index (χ1n) is 8.89. The Kier molecular flexibility index (Phi) is 5.24. The van der Waals surface area contributed by atoms with Crippen LogP contribution >= 0.6 is 0 Å². The highest BCUT2D eigenvalue weighted by molar-refractivity contribution is 7.81. The molecule has 3 N–H and O–H groups in total. The Bertz CT molecular complexity index is 1260. The minimum atomic E-state index is -4.63. The normalized spacial score (nSPS) is 11.3. The Hall–Kier alpha value is -4.02. The fraction of sp³-hybridized carbons (Fsp3) is 0. The summed E-state index contributed by atoms with van der Waals surface area (Å²) in [4.78, 5) is 13.5. The van der Waals surface area contributed by atoms with Gasteiger partial charge in [-0.25, -0.2) is 15.0 Å². The zero-order valence-electron chi connectivity index (χ0n) is 15.7. The van der Waals surface area contributed by atoms with E-state index < -0.39 is 10.4 Å². The molecule has 156 valence electrons. The molecule has 0 aliphatic carbocycles. The van der Waals surface area contributed by atoms with E-state index in [0.29, 0.717) is 34.2 Å². The zero-order valence-corrected chi connectivity index (χ0v) is 16.6. The molecule has 0 saturated heterocycles. The van der Waals surface area contributed by atoms with Crippen molar-refractivity contribution in [3.8, 4) is 51.4 Å². The summed E-state index contributed by atoms with van der Waals surface area (Å²) in [5.74, 6) is 1.15. The van der Waals surface area contributed by atoms with E-state index in [0.717, 1.165) is 0 Å². The molecule has 0 amide bonds. The summed E-state index contributed by atoms with van der Waals surface area (Å²) in [7, 11) is -4.63. The summed E-state index contributed by atoms with van der Waals surface area (Å²) in [6.07, 6.45) is 0. The third-order valence-corrected chi connectivity index (χ3v) is 4.60. The largest absolute Gasteiger partial charge is 0.508 e. The van der Waals surface area contributed by atoms with Crippen LogP contribution in [-0.2, 0) is 10.4 Å². The number of rotatable bonds is 5. The Balaban J connectivity index is 1.81. The fourth-order valence-electron chi connectivity index (χ4n) is 2.77. The van der Waals surface area contributed by atoms with Gasteiger partial charge in [0.25, 0.3) is 0 Å². The number of hydrogen-bond donors (Lipinski definition) is 3. The van der Waals surface area contributed by atoms with Crippen molar-refractivity contribution < 1.29 is 27.4 Å². The van der Waals surface area contributed by atoms with Crippen LogP contribution in [0.2, 0.25) is 0 Å². The second-order valence-electron chi connectivity index (χ2n) is 6.44. The lowest BCUT2D eigenvalue weighted by molar-refractivity contribution is 0.387. The van der Waals surface area contributed by atoms with Gasteiger partial charge in [0.1, 0.15) is 17.2 Å². The maximum absolute atomic E-state index is 10.9. The molecule has 0 spiro atoms. The molecule has 4 aromatic rings. The molecule has 0 radical (unpaired) electrons. The Morgan fingerprint density at radius 1 is 0.581 bits per heavy atom. The van der Waals surface area contributed by atoms with Crippen LogP contribution in [0, 0.1) is 0 Å². The van der Waals surface area contributed by atoms with Gasteiger partial charge in [0.05, 0.1) is 0 Å². The van der Waals surface area contributed by atoms with Gasteiger partial charge in [0.2, 0.25) is 0 Å². The average Bonchev–Trinajstić information content (AvgIpc) is 2.74. The molecule has 4 rings (SSSR count). The van der Waals surface area contributed by atoms with Crippen LogP contribution in [0.5, 0.6) is 17.2 Å². The fourth-order valence-corrected chi connectivity index (χ4v) is 3.12. The highest BCUT2D eigenvalue weighted by atomic mass is 32.3. The molecule has 0 fully saturated rings. The van der Waals surface area contributed by atoms with Gasteiger partial charge in [-0.05, 0) is 72.8 Å². The summed E-state index contributed by atoms with van der Waals surface area (Å²) in [6.45, 7) is 0. The van der Waals surface area contributed by atoms with Crippen molar-refractivity contribution in [1.82, 2.24) is 15.0 Å². The lowest BCUT2D eigenvalue weighted by atomic mass is 10.1. The predicted molar refractivity (Wildman–Crippen MR) is 112 cm³/mol. The summed E-state index contributed by atoms with van der Waals surface area (Å²) in [5, 5.41) is 19.1. The van der Waals surface area contributed by atoms with Crippen LogP contribution in [0.25, 0.3) is 34.2 Å². The molecule has 0 aliphatic heterocycles. The minimum Gasteiger partial charge on any atom is -0.508 e. The van der Waals surface area contributed by atoms with Gasteiger partial charge in [0, 0.05) is 16.7 Å². The van der Waals surface area contributed by atoms with E-state index in [2.05, 4.69) is 19.1 Å². The van der Waals surface area contributed by atoms with Crippen molar-refractivity contribution in [2.75, 3.05) is 0 Å². The van der Waals surface area contributed by atoms with E-state index in [4.69, 9.17) is 4.55 Å². The SMILES string of the molecule is O=S(=O)(O)Oc1ccc(-c2nc(-c3ccc(O)cc3)nc(-c3ccc(O)cc3)n2)cc1. The number of aromatic hydroxyl groups is 2. The third kappa shape index (κ3) is 4.94. The molecule has 0 aliphatic rings. The highest BCUT2D eigenvalue weighted by Crippen LogP contribution is 2.27. The van der Waals surface area contributed by atoms with Crippen LogP contribution in [0.3, 0.4) is 0 Å². The van der Waals surface area contributed by atoms with Crippen LogP contribution in [0.15, 0.2) is 72.8 Å². The number of benzene rings is 3. The second kappa shape index (κ2) is 8.01. The van der Waals surface area contributed by atoms with Gasteiger partial charge in [-0.1, -0.05) is 0 Å². The van der Waals surface area contributed by atoms with Gasteiger partial charge < -0.3 is 14.4 Å². The monoisotopic (exact) mass is 437 g/mol. The molecular formula is C21H15N3O6S. The summed E-state index contributed by atoms with van der Waals surface area (Å²) in [6, 6.07) is 18.5. The van der Waals surface area contributed by atoms with Gasteiger partial charge in [-0.2, -0.15) is 8.42 Å². The summed E-state index contributed by atoms with van der Waals surface area (Å²) < 4.78 is 35.0. The summed E-state index contributed by atoms with van der Waals surface area (Å²) in [5.41, 5.74) is 1.84. The van der Waals surface area contributed by atoms with Crippen molar-refractivity contribution in [3.63, 3.8) is 0 Å². The molecule has 1 heterocycles. The van der Waals surface area contributed by atoms with Crippen molar-refractivity contribution in [3.05, 3.63) is 72.8 Å². The number of hydrogen-bond acceptors (Lipinski definition) is 8. The van der Waals surface area contributed by atoms with E-state index in [1.165, 1.54) is 48.5 Å². The zero-order chi connectivity index (χ0) is 22.0. The van der Waals surface area contributed by atoms with Crippen LogP contribution in [0.1, 0.15) is 0 Å². The highest BCUT2D eigenvalue weighted by Gasteiger charge is 2.13. The molecule has 1 aromatic heterocycles. The lowest BCUT2D eigenvalue weighted by Gasteiger charge is -2.09. The van der Waals surface area contributed by atoms with Crippen LogP contribution in [0.4, 0.5) is 0 Å². The first-order valence-corrected chi connectivity index (χ1v) is 10.3. The molecule has 10 heteroatoms. The Morgan fingerprint density at radius 2 is 0.903 bits per heavy atom. The van der Waals surface area contributed by atoms with E-state index in [-0.39, 0.29) is 17.2 Å². The van der Waals surface area contributed by atoms with Crippen LogP contribution in [-0.4, -0.2) is 38.1 Å². The van der Waals surface area contributed by atoms with Crippen molar-refractivity contribution in [1.29, 1.82) is 0 Å². The minimum absolute atomic E-state index is 0.0715. The number of aromatic nitrogens is 3. The van der Waals surface area contributed by atoms with Gasteiger partial charge in [0.15, 0.2) is 17.5 Å². The number of phenols is 2. The topological polar surface area (TPSA) is 143 Å². The van der Waals surface area contributed by atoms with Crippen LogP contribution < -0.4 is 4.18 Å². The summed E-state index contributed by atoms with van der Waals surface area (Å²) >= 11 is 0. The van der Waals surface area contributed by atoms with E-state index in [9.17, 15) is 18.6 Å². The Morgan fingerprint density at radius 3 is 1.23 bits per heavy atom. The quantitative estimate of drug-likeness (QED) is 0.400. The molecule has 9 nitrogen and oxygen atoms in total. The van der Waals surface area contributed by atoms with Gasteiger partial charge in [-0.3, -0.25) is 4.55 Å². The Labute approximate surface area is 177 Å². The molecule has 0 saturated carbocycles. The lowest BCUT2D eigenvalue weighted by Crippen LogP contribution is -2.06. The smallest absolute Gasteiger partial charge is 0.446 e. The number of nitrogens with zero attached hydrogens (tertiary/aromatic N) is 3. The maximum Gasteiger partial charge on any atom is 0.446 e. The molecule has 31 heavy (non-hydrogen) atoms. The van der Waals surface area contributed by atoms with Gasteiger partial charge >= 0.3 is 10.4 Å². The van der Waals surface area contributed by atoms with E-state index in [1.807, 2.05) is 0 Å². The second-order valence-corrected chi connectivity index (χ2v) is 7.46. The van der Waals surface area contributed by atoms with E-state index >= 15 is 0 Å². The van der Waals surface area contributed by atoms with Crippen molar-refractivity contribution in [2.24, 2.45) is 0 Å². The molecule has 0 unspecified atom stereocenters. The molecule has 0 bridgehead atoms. The molecular weight excluding hydrogens is 422 g/mol. The van der Waals surface area contributed by atoms with Crippen molar-refractivity contribution in [2.45, 2.75) is 0 Å². The first-order chi connectivity index (χ1) is 14.8. The first kappa shape index (κ1) is 20.3. The standard InChI is InChI=1S/C21H15N3O6S/c25-16-7-1-13(2-8-16)19-22-20(14-3-9-17(26)10-4-14)24-21(23-19)15-5-11-18(12-6-15)30-31(27,28)29/h1-12,25-26H,(H,27,28,29). The molecule has 3 aromatic carbocycles. The molecule has 0 atom stereocenters. The average molecular weight is 437 g/mol. The van der Waals surface area contributed by atoms with Crippen molar-refractivity contribution >= 4 is 10.4 Å². The van der Waals surface area contributed by atoms with Gasteiger partial charge in [-0.15, -0.1) is 0 Å². The third-order valence-electron chi connectivity index (χ3n) is 4.20. The number of phenolic OH excluding ortho intramolecular Hbond substituents is 2. The maximum atomic E-state index is 10.9. The predicted octanol–water partition coefficient (Wildman–Crippen LogP) is 3.47. The van der Waals surface area contributed by atoms with E-state index in [1.54, 1.807) is 24.3 Å².